The van der Waals surface area contributed by atoms with Crippen molar-refractivity contribution in [3.8, 4) is 0 Å². The van der Waals surface area contributed by atoms with Crippen LogP contribution in [0.5, 0.6) is 0 Å². The van der Waals surface area contributed by atoms with E-state index in [0.717, 1.165) is 13.1 Å². The van der Waals surface area contributed by atoms with E-state index in [0.29, 0.717) is 4.32 Å². The van der Waals surface area contributed by atoms with E-state index < -0.39 is 0 Å². The van der Waals surface area contributed by atoms with Gasteiger partial charge in [0.15, 0.2) is 0 Å². The molecule has 0 rings (SSSR count). The Morgan fingerprint density at radius 3 is 0.700 bits per heavy atom. The minimum absolute atomic E-state index is 0.696. The first kappa shape index (κ1) is 40.1. The van der Waals surface area contributed by atoms with Crippen molar-refractivity contribution in [1.82, 2.24) is 4.90 Å². The summed E-state index contributed by atoms with van der Waals surface area (Å²) in [5.74, 6) is 0. The SMILES string of the molecule is CCCCCCCCCCCCCCCCCCN(CCCCCCCCCCCCCCCCCC)C(=S)[S-]. The summed E-state index contributed by atoms with van der Waals surface area (Å²) in [6, 6.07) is 0. The van der Waals surface area contributed by atoms with Crippen LogP contribution in [0.15, 0.2) is 0 Å². The fourth-order valence-corrected chi connectivity index (χ4v) is 6.36. The van der Waals surface area contributed by atoms with Crippen molar-refractivity contribution < 1.29 is 0 Å². The van der Waals surface area contributed by atoms with Crippen molar-refractivity contribution >= 4 is 29.2 Å². The molecule has 0 heterocycles. The van der Waals surface area contributed by atoms with Crippen LogP contribution in [-0.2, 0) is 12.6 Å². The first-order valence-corrected chi connectivity index (χ1v) is 19.5. The summed E-state index contributed by atoms with van der Waals surface area (Å²) < 4.78 is 0.696. The topological polar surface area (TPSA) is 3.24 Å². The summed E-state index contributed by atoms with van der Waals surface area (Å²) >= 11 is 10.8. The summed E-state index contributed by atoms with van der Waals surface area (Å²) in [6.07, 6.45) is 45.5. The summed E-state index contributed by atoms with van der Waals surface area (Å²) in [5, 5.41) is 0. The quantitative estimate of drug-likeness (QED) is 0.0413. The maximum atomic E-state index is 5.38. The lowest BCUT2D eigenvalue weighted by atomic mass is 10.0. The van der Waals surface area contributed by atoms with Gasteiger partial charge in [0.1, 0.15) is 0 Å². The van der Waals surface area contributed by atoms with Gasteiger partial charge in [0.2, 0.25) is 0 Å². The molecule has 3 heteroatoms. The zero-order valence-corrected chi connectivity index (χ0v) is 29.4. The Kier molecular flexibility index (Phi) is 35.4. The highest BCUT2D eigenvalue weighted by Crippen LogP contribution is 2.16. The molecule has 0 fully saturated rings. The van der Waals surface area contributed by atoms with E-state index in [9.17, 15) is 0 Å². The lowest BCUT2D eigenvalue weighted by Crippen LogP contribution is -2.30. The van der Waals surface area contributed by atoms with E-state index in [1.807, 2.05) is 0 Å². The molecule has 0 aliphatic heterocycles. The summed E-state index contributed by atoms with van der Waals surface area (Å²) in [4.78, 5) is 2.30. The average Bonchev–Trinajstić information content (AvgIpc) is 2.95. The highest BCUT2D eigenvalue weighted by atomic mass is 32.1. The minimum Gasteiger partial charge on any atom is -0.411 e. The van der Waals surface area contributed by atoms with Crippen LogP contribution in [0.3, 0.4) is 0 Å². The maximum Gasteiger partial charge on any atom is 0.0162 e. The molecule has 0 unspecified atom stereocenters. The molecule has 0 radical (unpaired) electrons. The predicted octanol–water partition coefficient (Wildman–Crippen LogP) is 13.6. The average molecular weight is 597 g/mol. The monoisotopic (exact) mass is 597 g/mol. The third-order valence-electron chi connectivity index (χ3n) is 8.82. The van der Waals surface area contributed by atoms with E-state index >= 15 is 0 Å². The molecule has 0 saturated carbocycles. The number of unbranched alkanes of at least 4 members (excludes halogenated alkanes) is 30. The third-order valence-corrected chi connectivity index (χ3v) is 9.34. The van der Waals surface area contributed by atoms with Gasteiger partial charge in [0.25, 0.3) is 0 Å². The molecule has 0 aliphatic rings. The predicted molar refractivity (Wildman–Crippen MR) is 191 cm³/mol. The van der Waals surface area contributed by atoms with E-state index in [4.69, 9.17) is 24.8 Å². The van der Waals surface area contributed by atoms with Crippen LogP contribution >= 0.6 is 12.2 Å². The Hall–Kier alpha value is 0.110. The van der Waals surface area contributed by atoms with Crippen LogP contribution in [0, 0.1) is 0 Å². The van der Waals surface area contributed by atoms with Gasteiger partial charge in [-0.3, -0.25) is 0 Å². The maximum absolute atomic E-state index is 5.38. The van der Waals surface area contributed by atoms with Crippen molar-refractivity contribution in [1.29, 1.82) is 0 Å². The van der Waals surface area contributed by atoms with Gasteiger partial charge in [-0.15, -0.1) is 0 Å². The van der Waals surface area contributed by atoms with Gasteiger partial charge >= 0.3 is 0 Å². The molecule has 0 aromatic heterocycles. The van der Waals surface area contributed by atoms with Gasteiger partial charge in [0, 0.05) is 13.1 Å². The second kappa shape index (κ2) is 35.3. The Morgan fingerprint density at radius 1 is 0.350 bits per heavy atom. The van der Waals surface area contributed by atoms with Crippen LogP contribution < -0.4 is 0 Å². The van der Waals surface area contributed by atoms with E-state index in [2.05, 4.69) is 18.7 Å². The number of thiocarbonyl (C=S) groups is 1. The zero-order valence-electron chi connectivity index (χ0n) is 27.8. The van der Waals surface area contributed by atoms with Crippen LogP contribution in [-0.4, -0.2) is 22.3 Å². The molecular weight excluding hydrogens is 523 g/mol. The number of nitrogens with zero attached hydrogens (tertiary/aromatic N) is 1. The molecule has 0 bridgehead atoms. The first-order valence-electron chi connectivity index (χ1n) is 18.7. The van der Waals surface area contributed by atoms with Crippen molar-refractivity contribution in [2.24, 2.45) is 0 Å². The van der Waals surface area contributed by atoms with Crippen LogP contribution in [0.4, 0.5) is 0 Å². The number of hydrogen-bond donors (Lipinski definition) is 0. The fraction of sp³-hybridized carbons (Fsp3) is 0.973. The Labute approximate surface area is 265 Å². The molecule has 1 nitrogen and oxygen atoms in total. The molecular formula is C37H74NS2-. The van der Waals surface area contributed by atoms with Crippen molar-refractivity contribution in [3.05, 3.63) is 0 Å². The summed E-state index contributed by atoms with van der Waals surface area (Å²) in [6.45, 7) is 6.77. The van der Waals surface area contributed by atoms with E-state index in [-0.39, 0.29) is 0 Å². The van der Waals surface area contributed by atoms with Gasteiger partial charge in [0.05, 0.1) is 0 Å². The second-order valence-electron chi connectivity index (χ2n) is 12.9. The lowest BCUT2D eigenvalue weighted by molar-refractivity contribution is 0.394. The highest BCUT2D eigenvalue weighted by Gasteiger charge is 2.02. The van der Waals surface area contributed by atoms with Crippen molar-refractivity contribution in [3.63, 3.8) is 0 Å². The molecule has 0 aromatic carbocycles. The molecule has 0 aliphatic carbocycles. The molecule has 0 saturated heterocycles. The van der Waals surface area contributed by atoms with Gasteiger partial charge < -0.3 is 29.7 Å². The van der Waals surface area contributed by atoms with Crippen LogP contribution in [0.1, 0.15) is 219 Å². The molecule has 40 heavy (non-hydrogen) atoms. The van der Waals surface area contributed by atoms with E-state index in [1.54, 1.807) is 0 Å². The molecule has 0 spiro atoms. The van der Waals surface area contributed by atoms with Gasteiger partial charge in [-0.1, -0.05) is 211 Å². The normalized spacial score (nSPS) is 11.3. The molecule has 0 aromatic rings. The van der Waals surface area contributed by atoms with Gasteiger partial charge in [-0.05, 0) is 12.8 Å². The molecule has 0 N–H and O–H groups in total. The lowest BCUT2D eigenvalue weighted by Gasteiger charge is -2.28. The van der Waals surface area contributed by atoms with Gasteiger partial charge in [-0.2, -0.15) is 0 Å². The summed E-state index contributed by atoms with van der Waals surface area (Å²) in [5.41, 5.74) is 0. The van der Waals surface area contributed by atoms with Crippen LogP contribution in [0.25, 0.3) is 0 Å². The Morgan fingerprint density at radius 2 is 0.525 bits per heavy atom. The Bertz CT molecular complexity index is 445. The highest BCUT2D eigenvalue weighted by molar-refractivity contribution is 8.00. The van der Waals surface area contributed by atoms with Crippen molar-refractivity contribution in [2.75, 3.05) is 13.1 Å². The molecule has 0 atom stereocenters. The number of hydrogen-bond acceptors (Lipinski definition) is 2. The summed E-state index contributed by atoms with van der Waals surface area (Å²) in [7, 11) is 0. The van der Waals surface area contributed by atoms with E-state index in [1.165, 1.54) is 205 Å². The standard InChI is InChI=1S/C37H75NS2/c1-3-5-7-9-11-13-15-17-19-21-23-25-27-29-31-33-35-38(37(39)40)36-34-32-30-28-26-24-22-20-18-16-14-12-10-8-6-4-2/h3-36H2,1-2H3,(H,39,40)/p-1. The Balaban J connectivity index is 3.37. The molecule has 0 amide bonds. The van der Waals surface area contributed by atoms with Crippen LogP contribution in [0.2, 0.25) is 0 Å². The second-order valence-corrected chi connectivity index (χ2v) is 13.9. The third kappa shape index (κ3) is 32.6. The zero-order chi connectivity index (χ0) is 29.2. The van der Waals surface area contributed by atoms with Crippen molar-refractivity contribution in [2.45, 2.75) is 219 Å². The largest absolute Gasteiger partial charge is 0.411 e. The fourth-order valence-electron chi connectivity index (χ4n) is 6.00. The first-order chi connectivity index (χ1) is 19.7. The minimum atomic E-state index is 0.696. The van der Waals surface area contributed by atoms with Gasteiger partial charge in [-0.25, -0.2) is 0 Å². The smallest absolute Gasteiger partial charge is 0.0162 e. The molecule has 240 valence electrons. The number of rotatable bonds is 34.